The number of aromatic hydroxyl groups is 2. The van der Waals surface area contributed by atoms with Crippen LogP contribution in [0.4, 0.5) is 0 Å². The molecule has 14 heteroatoms. The number of hydrogen-bond donors (Lipinski definition) is 6. The number of carbonyl (C=O) groups is 4. The van der Waals surface area contributed by atoms with Crippen molar-refractivity contribution in [3.8, 4) is 11.5 Å². The van der Waals surface area contributed by atoms with Gasteiger partial charge in [-0.25, -0.2) is 0 Å². The molecular weight excluding hydrogens is 574 g/mol. The number of hydrogen-bond acceptors (Lipinski definition) is 8. The number of ether oxygens (including phenoxy) is 1. The highest BCUT2D eigenvalue weighted by Crippen LogP contribution is 2.33. The lowest BCUT2D eigenvalue weighted by Crippen LogP contribution is -2.44. The number of phenolic OH excluding ortho intramolecular Hbond substituents is 2. The van der Waals surface area contributed by atoms with Crippen molar-refractivity contribution in [1.29, 1.82) is 0 Å². The largest absolute Gasteiger partial charge is 0.504 e. The maximum atomic E-state index is 12.4. The first-order chi connectivity index (χ1) is 20.2. The molecule has 1 aromatic carbocycles. The van der Waals surface area contributed by atoms with E-state index >= 15 is 0 Å². The second-order valence-corrected chi connectivity index (χ2v) is 12.7. The van der Waals surface area contributed by atoms with E-state index in [0.29, 0.717) is 13.0 Å². The lowest BCUT2D eigenvalue weighted by molar-refractivity contribution is -0.151. The Morgan fingerprint density at radius 2 is 1.41 bits per heavy atom. The Balaban J connectivity index is 0.000000845. The van der Waals surface area contributed by atoms with E-state index in [-0.39, 0.29) is 49.6 Å². The van der Waals surface area contributed by atoms with Crippen LogP contribution in [0.3, 0.4) is 0 Å². The molecule has 0 saturated heterocycles. The summed E-state index contributed by atoms with van der Waals surface area (Å²) in [7, 11) is 0. The summed E-state index contributed by atoms with van der Waals surface area (Å²) >= 11 is 0. The smallest absolute Gasteiger partial charge is 0.307 e. The molecule has 0 aliphatic heterocycles. The number of phenols is 2. The van der Waals surface area contributed by atoms with Crippen LogP contribution < -0.4 is 10.6 Å². The third-order valence-corrected chi connectivity index (χ3v) is 6.91. The predicted molar refractivity (Wildman–Crippen MR) is 164 cm³/mol. The molecule has 4 atom stereocenters. The van der Waals surface area contributed by atoms with Crippen molar-refractivity contribution in [3.63, 3.8) is 0 Å². The van der Waals surface area contributed by atoms with Gasteiger partial charge in [0.15, 0.2) is 11.5 Å². The summed E-state index contributed by atoms with van der Waals surface area (Å²) in [5, 5.41) is 45.9. The fourth-order valence-corrected chi connectivity index (χ4v) is 4.82. The summed E-state index contributed by atoms with van der Waals surface area (Å²) in [5.74, 6) is -5.80. The van der Waals surface area contributed by atoms with Crippen LogP contribution in [0.1, 0.15) is 61.0 Å². The molecule has 1 aromatic rings. The average molecular weight is 624 g/mol. The average Bonchev–Trinajstić information content (AvgIpc) is 2.88. The molecule has 44 heavy (non-hydrogen) atoms. The van der Waals surface area contributed by atoms with Gasteiger partial charge in [-0.1, -0.05) is 66.6 Å². The molecule has 6 N–H and O–H groups in total. The van der Waals surface area contributed by atoms with Gasteiger partial charge in [0, 0.05) is 30.5 Å². The minimum atomic E-state index is -0.997. The molecule has 0 fully saturated rings. The van der Waals surface area contributed by atoms with Gasteiger partial charge < -0.3 is 35.8 Å². The normalized spacial score (nSPS) is 14.0. The number of benzene rings is 1. The van der Waals surface area contributed by atoms with Gasteiger partial charge in [0.05, 0.1) is 31.0 Å². The maximum Gasteiger partial charge on any atom is 0.307 e. The Kier molecular flexibility index (Phi) is 16.9. The molecule has 0 radical (unpaired) electrons. The fraction of sp³-hybridized carbons (Fsp3) is 0.667. The molecule has 0 spiro atoms. The summed E-state index contributed by atoms with van der Waals surface area (Å²) in [5.41, 5.74) is 7.85. The highest BCUT2D eigenvalue weighted by Gasteiger charge is 2.40. The van der Waals surface area contributed by atoms with Gasteiger partial charge >= 0.3 is 11.9 Å². The number of nitrogens with zero attached hydrogens (tertiary/aromatic N) is 3. The number of carboxylic acids is 2. The quantitative estimate of drug-likeness (QED) is 0.0545. The molecular formula is C30H49N5O9. The number of rotatable bonds is 15. The Morgan fingerprint density at radius 3 is 1.89 bits per heavy atom. The molecule has 248 valence electrons. The van der Waals surface area contributed by atoms with Crippen LogP contribution in [0.5, 0.6) is 11.5 Å². The van der Waals surface area contributed by atoms with Crippen molar-refractivity contribution in [1.82, 2.24) is 10.6 Å². The monoisotopic (exact) mass is 623 g/mol. The van der Waals surface area contributed by atoms with Crippen molar-refractivity contribution < 1.29 is 44.3 Å². The van der Waals surface area contributed by atoms with Gasteiger partial charge in [0.25, 0.3) is 0 Å². The van der Waals surface area contributed by atoms with Gasteiger partial charge in [-0.05, 0) is 40.5 Å². The minimum absolute atomic E-state index is 0.194. The van der Waals surface area contributed by atoms with Crippen LogP contribution in [0, 0.1) is 34.5 Å². The van der Waals surface area contributed by atoms with Gasteiger partial charge in [-0.2, -0.15) is 0 Å². The molecule has 1 rings (SSSR count). The molecule has 14 nitrogen and oxygen atoms in total. The number of amides is 2. The van der Waals surface area contributed by atoms with Gasteiger partial charge in [-0.3, -0.25) is 19.2 Å². The third-order valence-electron chi connectivity index (χ3n) is 6.91. The first-order valence-corrected chi connectivity index (χ1v) is 14.4. The van der Waals surface area contributed by atoms with Gasteiger partial charge in [-0.15, -0.1) is 0 Å². The predicted octanol–water partition coefficient (Wildman–Crippen LogP) is 3.95. The summed E-state index contributed by atoms with van der Waals surface area (Å²) in [6, 6.07) is 4.47. The zero-order valence-corrected chi connectivity index (χ0v) is 27.0. The second-order valence-electron chi connectivity index (χ2n) is 12.7. The van der Waals surface area contributed by atoms with Crippen LogP contribution in [0.2, 0.25) is 0 Å². The highest BCUT2D eigenvalue weighted by molar-refractivity contribution is 5.85. The van der Waals surface area contributed by atoms with E-state index in [1.807, 2.05) is 20.8 Å². The number of azide groups is 1. The Hall–Kier alpha value is -4.03. The van der Waals surface area contributed by atoms with Crippen LogP contribution in [0.15, 0.2) is 23.3 Å². The van der Waals surface area contributed by atoms with Gasteiger partial charge in [0.2, 0.25) is 11.8 Å². The topological polar surface area (TPSA) is 231 Å². The number of aliphatic carboxylic acids is 2. The molecule has 0 bridgehead atoms. The highest BCUT2D eigenvalue weighted by atomic mass is 16.5. The van der Waals surface area contributed by atoms with Crippen molar-refractivity contribution in [3.05, 3.63) is 34.2 Å². The molecule has 2 amide bonds. The van der Waals surface area contributed by atoms with Gasteiger partial charge in [0.1, 0.15) is 0 Å². The standard InChI is InChI=1S/C17H25NO5.C13H24N4O4/c1-10(16(22)23)14(17(2,3)4)15(21)18-8-7-11-5-6-12(19)13(20)9-11;1-9(10(12(19)20)13(2,3)4)11(18)15-5-7-21-8-6-16-17-14/h5-6,9-10,14,19-20H,7-8H2,1-4H3,(H,18,21)(H,22,23);9-10H,5-8H2,1-4H3,(H,15,18)(H,19,20). The molecule has 0 aliphatic rings. The first kappa shape index (κ1) is 40.0. The third kappa shape index (κ3) is 14.4. The Labute approximate surface area is 258 Å². The van der Waals surface area contributed by atoms with E-state index < -0.39 is 46.4 Å². The lowest BCUT2D eigenvalue weighted by atomic mass is 9.73. The summed E-state index contributed by atoms with van der Waals surface area (Å²) in [4.78, 5) is 49.5. The second kappa shape index (κ2) is 18.6. The van der Waals surface area contributed by atoms with E-state index in [0.717, 1.165) is 5.56 Å². The number of nitrogens with one attached hydrogen (secondary N) is 2. The van der Waals surface area contributed by atoms with Crippen molar-refractivity contribution in [2.24, 2.45) is 39.6 Å². The van der Waals surface area contributed by atoms with Crippen LogP contribution in [-0.4, -0.2) is 77.0 Å². The Morgan fingerprint density at radius 1 is 0.841 bits per heavy atom. The summed E-state index contributed by atoms with van der Waals surface area (Å²) in [6.07, 6.45) is 0.470. The van der Waals surface area contributed by atoms with E-state index in [1.54, 1.807) is 33.8 Å². The zero-order chi connectivity index (χ0) is 34.3. The molecule has 0 aromatic heterocycles. The Bertz CT molecular complexity index is 1150. The van der Waals surface area contributed by atoms with E-state index in [9.17, 15) is 39.6 Å². The van der Waals surface area contributed by atoms with Crippen molar-refractivity contribution in [2.75, 3.05) is 32.8 Å². The first-order valence-electron chi connectivity index (χ1n) is 14.4. The summed E-state index contributed by atoms with van der Waals surface area (Å²) < 4.78 is 5.15. The van der Waals surface area contributed by atoms with Crippen LogP contribution >= 0.6 is 0 Å². The molecule has 0 heterocycles. The number of carbonyl (C=O) groups excluding carboxylic acids is 2. The molecule has 0 saturated carbocycles. The summed E-state index contributed by atoms with van der Waals surface area (Å²) in [6.45, 7) is 15.5. The van der Waals surface area contributed by atoms with Crippen molar-refractivity contribution in [2.45, 2.75) is 61.8 Å². The van der Waals surface area contributed by atoms with E-state index in [2.05, 4.69) is 20.7 Å². The number of carboxylic acid groups (broad SMARTS) is 2. The van der Waals surface area contributed by atoms with Crippen LogP contribution in [-0.2, 0) is 30.3 Å². The zero-order valence-electron chi connectivity index (χ0n) is 27.0. The lowest BCUT2D eigenvalue weighted by Gasteiger charge is -2.32. The minimum Gasteiger partial charge on any atom is -0.504 e. The fourth-order valence-electron chi connectivity index (χ4n) is 4.82. The maximum absolute atomic E-state index is 12.4. The van der Waals surface area contributed by atoms with E-state index in [4.69, 9.17) is 10.3 Å². The van der Waals surface area contributed by atoms with E-state index in [1.165, 1.54) is 19.1 Å². The SMILES string of the molecule is CC(C(=O)NCCOCCN=[N+]=[N-])C(C(=O)O)C(C)(C)C.CC(C(=O)O)C(C(=O)NCCc1ccc(O)c(O)c1)C(C)(C)C. The molecule has 0 aliphatic carbocycles. The molecule has 4 unspecified atom stereocenters. The van der Waals surface area contributed by atoms with Crippen LogP contribution in [0.25, 0.3) is 10.4 Å². The van der Waals surface area contributed by atoms with Crippen molar-refractivity contribution >= 4 is 23.8 Å².